The molecule has 0 spiro atoms. The summed E-state index contributed by atoms with van der Waals surface area (Å²) >= 11 is 7.92. The molecule has 0 atom stereocenters. The predicted molar refractivity (Wildman–Crippen MR) is 135 cm³/mol. The van der Waals surface area contributed by atoms with E-state index in [1.165, 1.54) is 16.8 Å². The average molecular weight is 464 g/mol. The molecular weight excluding hydrogens is 438 g/mol. The standard InChI is InChI=1S/C26H26ClN3OS/c1-18-5-3-6-22(19(18)2)28-10-12-29(13-11-28)26(31)17-30-23-9-8-21(27)15-20(23)16-24(30)25-7-4-14-32-25/h3-9,14-16H,10-13,17H2,1-2H3. The van der Waals surface area contributed by atoms with Crippen LogP contribution in [0.2, 0.25) is 5.02 Å². The highest BCUT2D eigenvalue weighted by molar-refractivity contribution is 7.13. The molecule has 4 nitrogen and oxygen atoms in total. The van der Waals surface area contributed by atoms with Crippen molar-refractivity contribution in [2.24, 2.45) is 0 Å². The molecule has 2 aromatic carbocycles. The summed E-state index contributed by atoms with van der Waals surface area (Å²) in [6.45, 7) is 7.86. The highest BCUT2D eigenvalue weighted by Crippen LogP contribution is 2.33. The number of fused-ring (bicyclic) bond motifs is 1. The molecule has 0 bridgehead atoms. The fraction of sp³-hybridized carbons (Fsp3) is 0.269. The van der Waals surface area contributed by atoms with Crippen molar-refractivity contribution in [2.75, 3.05) is 31.1 Å². The summed E-state index contributed by atoms with van der Waals surface area (Å²) in [5, 5.41) is 3.84. The number of hydrogen-bond acceptors (Lipinski definition) is 3. The Kier molecular flexibility index (Phi) is 5.70. The molecule has 0 aliphatic carbocycles. The van der Waals surface area contributed by atoms with E-state index < -0.39 is 0 Å². The fourth-order valence-electron chi connectivity index (χ4n) is 4.55. The van der Waals surface area contributed by atoms with Crippen molar-refractivity contribution in [3.8, 4) is 10.6 Å². The molecule has 32 heavy (non-hydrogen) atoms. The summed E-state index contributed by atoms with van der Waals surface area (Å²) < 4.78 is 2.14. The van der Waals surface area contributed by atoms with Gasteiger partial charge in [0, 0.05) is 47.8 Å². The average Bonchev–Trinajstić information content (AvgIpc) is 3.44. The number of nitrogens with zero attached hydrogens (tertiary/aromatic N) is 3. The number of aromatic nitrogens is 1. The number of amides is 1. The molecule has 0 saturated carbocycles. The second kappa shape index (κ2) is 8.64. The van der Waals surface area contributed by atoms with Crippen molar-refractivity contribution in [3.05, 3.63) is 76.1 Å². The molecule has 1 aliphatic heterocycles. The Bertz CT molecular complexity index is 1270. The lowest BCUT2D eigenvalue weighted by molar-refractivity contribution is -0.132. The number of halogens is 1. The van der Waals surface area contributed by atoms with Crippen LogP contribution in [0.15, 0.2) is 60.0 Å². The van der Waals surface area contributed by atoms with Gasteiger partial charge in [0.15, 0.2) is 0 Å². The van der Waals surface area contributed by atoms with Crippen molar-refractivity contribution in [2.45, 2.75) is 20.4 Å². The SMILES string of the molecule is Cc1cccc(N2CCN(C(=O)Cn3c(-c4cccs4)cc4cc(Cl)ccc43)CC2)c1C. The first-order valence-electron chi connectivity index (χ1n) is 10.9. The third-order valence-electron chi connectivity index (χ3n) is 6.48. The third-order valence-corrected chi connectivity index (χ3v) is 7.61. The number of rotatable bonds is 4. The molecule has 6 heteroatoms. The summed E-state index contributed by atoms with van der Waals surface area (Å²) in [5.41, 5.74) is 6.03. The van der Waals surface area contributed by atoms with Crippen LogP contribution in [0.3, 0.4) is 0 Å². The largest absolute Gasteiger partial charge is 0.368 e. The minimum atomic E-state index is 0.163. The van der Waals surface area contributed by atoms with E-state index in [4.69, 9.17) is 11.6 Å². The van der Waals surface area contributed by atoms with Crippen LogP contribution in [-0.2, 0) is 11.3 Å². The van der Waals surface area contributed by atoms with Gasteiger partial charge < -0.3 is 14.4 Å². The van der Waals surface area contributed by atoms with Crippen LogP contribution in [0.4, 0.5) is 5.69 Å². The van der Waals surface area contributed by atoms with E-state index in [-0.39, 0.29) is 5.91 Å². The van der Waals surface area contributed by atoms with Gasteiger partial charge in [-0.25, -0.2) is 0 Å². The zero-order valence-electron chi connectivity index (χ0n) is 18.3. The van der Waals surface area contributed by atoms with E-state index >= 15 is 0 Å². The van der Waals surface area contributed by atoms with Gasteiger partial charge in [0.05, 0.1) is 10.6 Å². The van der Waals surface area contributed by atoms with E-state index in [1.54, 1.807) is 11.3 Å². The molecule has 1 saturated heterocycles. The number of thiophene rings is 1. The van der Waals surface area contributed by atoms with E-state index in [1.807, 2.05) is 29.2 Å². The molecule has 1 aliphatic rings. The smallest absolute Gasteiger partial charge is 0.242 e. The molecule has 0 radical (unpaired) electrons. The number of carbonyl (C=O) groups excluding carboxylic acids is 1. The van der Waals surface area contributed by atoms with Gasteiger partial charge in [-0.2, -0.15) is 0 Å². The van der Waals surface area contributed by atoms with Gasteiger partial charge in [-0.05, 0) is 66.8 Å². The topological polar surface area (TPSA) is 28.5 Å². The predicted octanol–water partition coefficient (Wildman–Crippen LogP) is 5.99. The van der Waals surface area contributed by atoms with Gasteiger partial charge >= 0.3 is 0 Å². The fourth-order valence-corrected chi connectivity index (χ4v) is 5.48. The minimum absolute atomic E-state index is 0.163. The summed E-state index contributed by atoms with van der Waals surface area (Å²) in [5.74, 6) is 0.163. The van der Waals surface area contributed by atoms with E-state index in [9.17, 15) is 4.79 Å². The lowest BCUT2D eigenvalue weighted by Gasteiger charge is -2.37. The number of benzene rings is 2. The zero-order chi connectivity index (χ0) is 22.2. The monoisotopic (exact) mass is 463 g/mol. The molecule has 2 aromatic heterocycles. The Hall–Kier alpha value is -2.76. The Labute approximate surface area is 197 Å². The van der Waals surface area contributed by atoms with Crippen LogP contribution in [0.5, 0.6) is 0 Å². The molecule has 0 N–H and O–H groups in total. The van der Waals surface area contributed by atoms with Crippen LogP contribution < -0.4 is 4.90 Å². The maximum Gasteiger partial charge on any atom is 0.242 e. The number of hydrogen-bond donors (Lipinski definition) is 0. The van der Waals surface area contributed by atoms with Crippen molar-refractivity contribution in [1.29, 1.82) is 0 Å². The maximum absolute atomic E-state index is 13.3. The molecule has 0 unspecified atom stereocenters. The highest BCUT2D eigenvalue weighted by atomic mass is 35.5. The lowest BCUT2D eigenvalue weighted by Crippen LogP contribution is -2.49. The number of aryl methyl sites for hydroxylation is 1. The summed E-state index contributed by atoms with van der Waals surface area (Å²) in [6.07, 6.45) is 0. The number of carbonyl (C=O) groups is 1. The normalized spacial score (nSPS) is 14.3. The second-order valence-electron chi connectivity index (χ2n) is 8.38. The maximum atomic E-state index is 13.3. The molecule has 5 rings (SSSR count). The number of piperazine rings is 1. The van der Waals surface area contributed by atoms with Gasteiger partial charge in [0.25, 0.3) is 0 Å². The van der Waals surface area contributed by atoms with Crippen molar-refractivity contribution >= 4 is 45.4 Å². The molecule has 164 valence electrons. The van der Waals surface area contributed by atoms with E-state index in [2.05, 4.69) is 59.0 Å². The first-order valence-corrected chi connectivity index (χ1v) is 12.2. The van der Waals surface area contributed by atoms with Crippen molar-refractivity contribution < 1.29 is 4.79 Å². The Morgan fingerprint density at radius 3 is 2.56 bits per heavy atom. The van der Waals surface area contributed by atoms with Crippen LogP contribution in [0, 0.1) is 13.8 Å². The Morgan fingerprint density at radius 1 is 1.00 bits per heavy atom. The molecule has 3 heterocycles. The van der Waals surface area contributed by atoms with E-state index in [0.717, 1.165) is 47.7 Å². The van der Waals surface area contributed by atoms with Crippen LogP contribution >= 0.6 is 22.9 Å². The minimum Gasteiger partial charge on any atom is -0.368 e. The van der Waals surface area contributed by atoms with Crippen LogP contribution in [-0.4, -0.2) is 41.6 Å². The first kappa shape index (κ1) is 21.1. The first-order chi connectivity index (χ1) is 15.5. The molecule has 1 fully saturated rings. The van der Waals surface area contributed by atoms with Crippen molar-refractivity contribution in [1.82, 2.24) is 9.47 Å². The summed E-state index contributed by atoms with van der Waals surface area (Å²) in [6, 6.07) is 18.6. The van der Waals surface area contributed by atoms with Gasteiger partial charge in [0.2, 0.25) is 5.91 Å². The number of anilines is 1. The lowest BCUT2D eigenvalue weighted by atomic mass is 10.1. The second-order valence-corrected chi connectivity index (χ2v) is 9.77. The zero-order valence-corrected chi connectivity index (χ0v) is 19.9. The van der Waals surface area contributed by atoms with Gasteiger partial charge in [-0.15, -0.1) is 11.3 Å². The van der Waals surface area contributed by atoms with Crippen LogP contribution in [0.1, 0.15) is 11.1 Å². The Morgan fingerprint density at radius 2 is 1.81 bits per heavy atom. The van der Waals surface area contributed by atoms with Gasteiger partial charge in [-0.3, -0.25) is 4.79 Å². The van der Waals surface area contributed by atoms with Gasteiger partial charge in [0.1, 0.15) is 6.54 Å². The molecule has 4 aromatic rings. The highest BCUT2D eigenvalue weighted by Gasteiger charge is 2.24. The summed E-state index contributed by atoms with van der Waals surface area (Å²) in [7, 11) is 0. The van der Waals surface area contributed by atoms with E-state index in [0.29, 0.717) is 11.6 Å². The quantitative estimate of drug-likeness (QED) is 0.372. The third kappa shape index (κ3) is 3.91. The van der Waals surface area contributed by atoms with Gasteiger partial charge in [-0.1, -0.05) is 29.8 Å². The molecular formula is C26H26ClN3OS. The van der Waals surface area contributed by atoms with Crippen molar-refractivity contribution in [3.63, 3.8) is 0 Å². The summed E-state index contributed by atoms with van der Waals surface area (Å²) in [4.78, 5) is 18.9. The Balaban J connectivity index is 1.36. The van der Waals surface area contributed by atoms with Crippen LogP contribution in [0.25, 0.3) is 21.5 Å². The molecule has 1 amide bonds.